The van der Waals surface area contributed by atoms with Crippen LogP contribution in [0.1, 0.15) is 11.7 Å². The summed E-state index contributed by atoms with van der Waals surface area (Å²) >= 11 is 0. The number of nitrogens with two attached hydrogens (primary N) is 1. The van der Waals surface area contributed by atoms with Crippen molar-refractivity contribution in [1.82, 2.24) is 0 Å². The quantitative estimate of drug-likeness (QED) is 0.575. The first-order valence-electron chi connectivity index (χ1n) is 3.13. The molecule has 3 heteroatoms. The van der Waals surface area contributed by atoms with Gasteiger partial charge in [0.05, 0.1) is 5.69 Å². The van der Waals surface area contributed by atoms with E-state index in [9.17, 15) is 0 Å². The van der Waals surface area contributed by atoms with Crippen LogP contribution in [0.2, 0.25) is 0 Å². The van der Waals surface area contributed by atoms with E-state index in [1.807, 2.05) is 24.3 Å². The molecule has 3 nitrogen and oxygen atoms in total. The van der Waals surface area contributed by atoms with E-state index in [1.54, 1.807) is 0 Å². The maximum atomic E-state index is 5.59. The van der Waals surface area contributed by atoms with Gasteiger partial charge in [-0.1, -0.05) is 18.2 Å². The highest BCUT2D eigenvalue weighted by atomic mass is 15.2. The maximum absolute atomic E-state index is 5.59. The molecule has 0 saturated heterocycles. The molecule has 0 aromatic heterocycles. The number of fused-ring (bicyclic) bond motifs is 1. The molecule has 1 aromatic rings. The van der Waals surface area contributed by atoms with E-state index >= 15 is 0 Å². The van der Waals surface area contributed by atoms with Crippen LogP contribution >= 0.6 is 0 Å². The standard InChI is InChI=1S/C7H7N3/c8-7-5-3-1-2-4-6(5)9-10-7/h1-4,7H,8H2/t7-/m0/s1. The third-order valence-corrected chi connectivity index (χ3v) is 1.55. The zero-order valence-electron chi connectivity index (χ0n) is 5.36. The molecule has 1 aliphatic rings. The molecular formula is C7H7N3. The fourth-order valence-electron chi connectivity index (χ4n) is 1.02. The summed E-state index contributed by atoms with van der Waals surface area (Å²) < 4.78 is 0. The Hall–Kier alpha value is -1.22. The van der Waals surface area contributed by atoms with Gasteiger partial charge in [-0.3, -0.25) is 0 Å². The van der Waals surface area contributed by atoms with E-state index in [-0.39, 0.29) is 6.17 Å². The molecule has 0 aliphatic carbocycles. The molecule has 1 atom stereocenters. The second-order valence-electron chi connectivity index (χ2n) is 2.22. The number of rotatable bonds is 0. The van der Waals surface area contributed by atoms with Crippen molar-refractivity contribution >= 4 is 5.69 Å². The lowest BCUT2D eigenvalue weighted by atomic mass is 10.1. The van der Waals surface area contributed by atoms with Crippen molar-refractivity contribution in [3.8, 4) is 0 Å². The Bertz CT molecular complexity index is 280. The third kappa shape index (κ3) is 0.642. The molecule has 0 saturated carbocycles. The van der Waals surface area contributed by atoms with Crippen LogP contribution in [0.4, 0.5) is 5.69 Å². The molecule has 0 unspecified atom stereocenters. The van der Waals surface area contributed by atoms with Gasteiger partial charge in [0.25, 0.3) is 0 Å². The van der Waals surface area contributed by atoms with Crippen molar-refractivity contribution in [3.63, 3.8) is 0 Å². The Kier molecular flexibility index (Phi) is 1.05. The van der Waals surface area contributed by atoms with E-state index in [2.05, 4.69) is 10.2 Å². The van der Waals surface area contributed by atoms with Crippen molar-refractivity contribution in [2.45, 2.75) is 6.17 Å². The van der Waals surface area contributed by atoms with Gasteiger partial charge in [-0.05, 0) is 6.07 Å². The lowest BCUT2D eigenvalue weighted by Crippen LogP contribution is -2.02. The molecular weight excluding hydrogens is 126 g/mol. The van der Waals surface area contributed by atoms with Gasteiger partial charge in [0.2, 0.25) is 0 Å². The lowest BCUT2D eigenvalue weighted by Gasteiger charge is -1.97. The SMILES string of the molecule is N[C@H]1N=Nc2ccccc21. The van der Waals surface area contributed by atoms with Crippen molar-refractivity contribution in [2.24, 2.45) is 16.0 Å². The van der Waals surface area contributed by atoms with Gasteiger partial charge in [0, 0.05) is 5.56 Å². The van der Waals surface area contributed by atoms with Gasteiger partial charge in [0.1, 0.15) is 6.17 Å². The second kappa shape index (κ2) is 1.88. The third-order valence-electron chi connectivity index (χ3n) is 1.55. The minimum Gasteiger partial charge on any atom is -0.304 e. The van der Waals surface area contributed by atoms with Crippen LogP contribution < -0.4 is 5.73 Å². The summed E-state index contributed by atoms with van der Waals surface area (Å²) in [5.41, 5.74) is 7.50. The molecule has 2 rings (SSSR count). The van der Waals surface area contributed by atoms with E-state index in [0.29, 0.717) is 0 Å². The summed E-state index contributed by atoms with van der Waals surface area (Å²) in [7, 11) is 0. The van der Waals surface area contributed by atoms with Crippen molar-refractivity contribution in [2.75, 3.05) is 0 Å². The normalized spacial score (nSPS) is 21.1. The van der Waals surface area contributed by atoms with Gasteiger partial charge in [-0.15, -0.1) is 0 Å². The maximum Gasteiger partial charge on any atom is 0.146 e. The fraction of sp³-hybridized carbons (Fsp3) is 0.143. The summed E-state index contributed by atoms with van der Waals surface area (Å²) in [6.45, 7) is 0. The molecule has 1 heterocycles. The molecule has 10 heavy (non-hydrogen) atoms. The summed E-state index contributed by atoms with van der Waals surface area (Å²) in [4.78, 5) is 0. The molecule has 0 radical (unpaired) electrons. The van der Waals surface area contributed by atoms with Crippen LogP contribution in [0.5, 0.6) is 0 Å². The number of nitrogens with zero attached hydrogens (tertiary/aromatic N) is 2. The van der Waals surface area contributed by atoms with Gasteiger partial charge in [-0.25, -0.2) is 0 Å². The molecule has 0 amide bonds. The molecule has 0 spiro atoms. The topological polar surface area (TPSA) is 50.7 Å². The smallest absolute Gasteiger partial charge is 0.146 e. The van der Waals surface area contributed by atoms with Crippen LogP contribution in [0.3, 0.4) is 0 Å². The van der Waals surface area contributed by atoms with Crippen LogP contribution in [-0.4, -0.2) is 0 Å². The number of benzene rings is 1. The summed E-state index contributed by atoms with van der Waals surface area (Å²) in [6, 6.07) is 7.72. The molecule has 1 aromatic carbocycles. The van der Waals surface area contributed by atoms with E-state index < -0.39 is 0 Å². The molecule has 0 bridgehead atoms. The van der Waals surface area contributed by atoms with Gasteiger partial charge >= 0.3 is 0 Å². The van der Waals surface area contributed by atoms with Crippen molar-refractivity contribution < 1.29 is 0 Å². The largest absolute Gasteiger partial charge is 0.304 e. The Morgan fingerprint density at radius 3 is 2.90 bits per heavy atom. The van der Waals surface area contributed by atoms with Crippen LogP contribution in [0, 0.1) is 0 Å². The lowest BCUT2D eigenvalue weighted by molar-refractivity contribution is 0.769. The average Bonchev–Trinajstić information content (AvgIpc) is 2.34. The van der Waals surface area contributed by atoms with Gasteiger partial charge in [0.15, 0.2) is 0 Å². The zero-order chi connectivity index (χ0) is 6.97. The summed E-state index contributed by atoms with van der Waals surface area (Å²) in [5, 5.41) is 7.69. The van der Waals surface area contributed by atoms with Crippen LogP contribution in [0.15, 0.2) is 34.5 Å². The first-order chi connectivity index (χ1) is 4.88. The second-order valence-corrected chi connectivity index (χ2v) is 2.22. The minimum absolute atomic E-state index is 0.240. The summed E-state index contributed by atoms with van der Waals surface area (Å²) in [6.07, 6.45) is -0.240. The van der Waals surface area contributed by atoms with Gasteiger partial charge < -0.3 is 5.73 Å². The molecule has 0 fully saturated rings. The monoisotopic (exact) mass is 133 g/mol. The first kappa shape index (κ1) is 5.56. The number of hydrogen-bond donors (Lipinski definition) is 1. The van der Waals surface area contributed by atoms with Crippen molar-refractivity contribution in [1.29, 1.82) is 0 Å². The average molecular weight is 133 g/mol. The molecule has 50 valence electrons. The molecule has 2 N–H and O–H groups in total. The van der Waals surface area contributed by atoms with Gasteiger partial charge in [-0.2, -0.15) is 10.2 Å². The van der Waals surface area contributed by atoms with E-state index in [0.717, 1.165) is 11.3 Å². The predicted octanol–water partition coefficient (Wildman–Crippen LogP) is 1.74. The Morgan fingerprint density at radius 2 is 2.10 bits per heavy atom. The zero-order valence-corrected chi connectivity index (χ0v) is 5.36. The highest BCUT2D eigenvalue weighted by molar-refractivity contribution is 5.48. The Morgan fingerprint density at radius 1 is 1.30 bits per heavy atom. The summed E-state index contributed by atoms with van der Waals surface area (Å²) in [5.74, 6) is 0. The molecule has 1 aliphatic heterocycles. The predicted molar refractivity (Wildman–Crippen MR) is 37.9 cm³/mol. The van der Waals surface area contributed by atoms with E-state index in [1.165, 1.54) is 0 Å². The van der Waals surface area contributed by atoms with Crippen LogP contribution in [0.25, 0.3) is 0 Å². The van der Waals surface area contributed by atoms with E-state index in [4.69, 9.17) is 5.73 Å². The number of hydrogen-bond acceptors (Lipinski definition) is 3. The Labute approximate surface area is 58.6 Å². The fourth-order valence-corrected chi connectivity index (χ4v) is 1.02. The van der Waals surface area contributed by atoms with Crippen LogP contribution in [-0.2, 0) is 0 Å². The highest BCUT2D eigenvalue weighted by Crippen LogP contribution is 2.31. The minimum atomic E-state index is -0.240. The number of azo groups is 1. The first-order valence-corrected chi connectivity index (χ1v) is 3.13. The highest BCUT2D eigenvalue weighted by Gasteiger charge is 2.13. The Balaban J connectivity index is 2.59. The van der Waals surface area contributed by atoms with Crippen molar-refractivity contribution in [3.05, 3.63) is 29.8 Å².